The van der Waals surface area contributed by atoms with E-state index in [4.69, 9.17) is 18.0 Å². The monoisotopic (exact) mass is 304 g/mol. The maximum absolute atomic E-state index is 12.0. The summed E-state index contributed by atoms with van der Waals surface area (Å²) < 4.78 is 0. The average Bonchev–Trinajstić information content (AvgIpc) is 3.26. The van der Waals surface area contributed by atoms with Crippen LogP contribution in [0.25, 0.3) is 0 Å². The van der Waals surface area contributed by atoms with Crippen LogP contribution in [-0.4, -0.2) is 24.9 Å². The molecule has 1 fully saturated rings. The van der Waals surface area contributed by atoms with Crippen molar-refractivity contribution in [2.45, 2.75) is 18.8 Å². The van der Waals surface area contributed by atoms with Gasteiger partial charge in [-0.2, -0.15) is 0 Å². The fraction of sp³-hybridized carbons (Fsp3) is 0.375. The fourth-order valence-corrected chi connectivity index (χ4v) is 2.36. The largest absolute Gasteiger partial charge is 0.355 e. The van der Waals surface area contributed by atoms with Crippen molar-refractivity contribution in [3.05, 3.63) is 34.9 Å². The lowest BCUT2D eigenvalue weighted by molar-refractivity contribution is -0.123. The number of hydrogen-bond donors (Lipinski definition) is 2. The molecule has 0 saturated heterocycles. The number of rotatable bonds is 6. The van der Waals surface area contributed by atoms with Gasteiger partial charge in [-0.15, -0.1) is 6.42 Å². The minimum Gasteiger partial charge on any atom is -0.355 e. The van der Waals surface area contributed by atoms with Gasteiger partial charge in [-0.1, -0.05) is 29.7 Å². The van der Waals surface area contributed by atoms with E-state index in [-0.39, 0.29) is 36.6 Å². The first-order chi connectivity index (χ1) is 10.1. The predicted molar refractivity (Wildman–Crippen MR) is 81.8 cm³/mol. The number of hydrogen-bond acceptors (Lipinski definition) is 2. The molecule has 2 atom stereocenters. The molecule has 21 heavy (non-hydrogen) atoms. The molecule has 1 saturated carbocycles. The highest BCUT2D eigenvalue weighted by Crippen LogP contribution is 2.47. The maximum atomic E-state index is 12.0. The van der Waals surface area contributed by atoms with E-state index < -0.39 is 0 Å². The van der Waals surface area contributed by atoms with Crippen LogP contribution in [0, 0.1) is 18.3 Å². The standard InChI is InChI=1S/C16H17ClN2O2/c1-2-8-18-15(20)7-9-19-16(21)14-10-13(14)11-3-5-12(17)6-4-11/h1,3-6,13-14H,7-10H2,(H,18,20)(H,19,21). The molecule has 110 valence electrons. The first kappa shape index (κ1) is 15.4. The third kappa shape index (κ3) is 4.51. The van der Waals surface area contributed by atoms with Gasteiger partial charge in [0.2, 0.25) is 11.8 Å². The summed E-state index contributed by atoms with van der Waals surface area (Å²) in [5, 5.41) is 6.03. The van der Waals surface area contributed by atoms with Gasteiger partial charge in [-0.05, 0) is 30.0 Å². The van der Waals surface area contributed by atoms with Gasteiger partial charge in [-0.3, -0.25) is 9.59 Å². The maximum Gasteiger partial charge on any atom is 0.223 e. The van der Waals surface area contributed by atoms with Crippen LogP contribution in [0.15, 0.2) is 24.3 Å². The number of carbonyl (C=O) groups is 2. The first-order valence-corrected chi connectivity index (χ1v) is 7.23. The highest BCUT2D eigenvalue weighted by atomic mass is 35.5. The van der Waals surface area contributed by atoms with Crippen molar-refractivity contribution in [3.63, 3.8) is 0 Å². The van der Waals surface area contributed by atoms with E-state index in [0.29, 0.717) is 11.6 Å². The molecule has 0 radical (unpaired) electrons. The van der Waals surface area contributed by atoms with E-state index in [1.807, 2.05) is 24.3 Å². The lowest BCUT2D eigenvalue weighted by atomic mass is 10.1. The SMILES string of the molecule is C#CCNC(=O)CCNC(=O)C1CC1c1ccc(Cl)cc1. The Morgan fingerprint density at radius 2 is 2.00 bits per heavy atom. The van der Waals surface area contributed by atoms with Gasteiger partial charge in [0.1, 0.15) is 0 Å². The summed E-state index contributed by atoms with van der Waals surface area (Å²) in [5.41, 5.74) is 1.13. The second kappa shape index (κ2) is 7.14. The zero-order valence-electron chi connectivity index (χ0n) is 11.6. The highest BCUT2D eigenvalue weighted by Gasteiger charge is 2.43. The Morgan fingerprint density at radius 1 is 1.29 bits per heavy atom. The van der Waals surface area contributed by atoms with Gasteiger partial charge in [0.25, 0.3) is 0 Å². The Balaban J connectivity index is 1.70. The molecule has 0 aromatic heterocycles. The smallest absolute Gasteiger partial charge is 0.223 e. The minimum atomic E-state index is -0.154. The van der Waals surface area contributed by atoms with Gasteiger partial charge in [-0.25, -0.2) is 0 Å². The Labute approximate surface area is 129 Å². The Kier molecular flexibility index (Phi) is 5.24. The molecule has 5 heteroatoms. The molecule has 4 nitrogen and oxygen atoms in total. The van der Waals surface area contributed by atoms with E-state index >= 15 is 0 Å². The van der Waals surface area contributed by atoms with Crippen LogP contribution in [0.1, 0.15) is 24.3 Å². The van der Waals surface area contributed by atoms with Crippen molar-refractivity contribution in [2.24, 2.45) is 5.92 Å². The molecular formula is C16H17ClN2O2. The van der Waals surface area contributed by atoms with Crippen LogP contribution in [0.4, 0.5) is 0 Å². The van der Waals surface area contributed by atoms with E-state index in [1.54, 1.807) is 0 Å². The zero-order chi connectivity index (χ0) is 15.2. The van der Waals surface area contributed by atoms with Crippen LogP contribution in [0.3, 0.4) is 0 Å². The quantitative estimate of drug-likeness (QED) is 0.786. The van der Waals surface area contributed by atoms with Crippen molar-refractivity contribution < 1.29 is 9.59 Å². The molecule has 1 aliphatic carbocycles. The van der Waals surface area contributed by atoms with Gasteiger partial charge < -0.3 is 10.6 Å². The number of benzene rings is 1. The average molecular weight is 305 g/mol. The highest BCUT2D eigenvalue weighted by molar-refractivity contribution is 6.30. The molecule has 1 aromatic rings. The van der Waals surface area contributed by atoms with Gasteiger partial charge in [0.05, 0.1) is 6.54 Å². The van der Waals surface area contributed by atoms with Crippen molar-refractivity contribution in [1.29, 1.82) is 0 Å². The summed E-state index contributed by atoms with van der Waals surface area (Å²) in [6, 6.07) is 7.57. The molecule has 2 amide bonds. The van der Waals surface area contributed by atoms with Crippen LogP contribution in [0.2, 0.25) is 5.02 Å². The molecule has 1 aromatic carbocycles. The molecule has 2 N–H and O–H groups in total. The second-order valence-corrected chi connectivity index (χ2v) is 5.46. The molecule has 0 spiro atoms. The molecule has 0 aliphatic heterocycles. The van der Waals surface area contributed by atoms with Crippen molar-refractivity contribution in [3.8, 4) is 12.3 Å². The molecule has 2 unspecified atom stereocenters. The Morgan fingerprint density at radius 3 is 2.67 bits per heavy atom. The molecule has 0 bridgehead atoms. The lowest BCUT2D eigenvalue weighted by Gasteiger charge is -2.05. The van der Waals surface area contributed by atoms with Crippen LogP contribution in [-0.2, 0) is 9.59 Å². The molecule has 1 aliphatic rings. The number of terminal acetylenes is 1. The van der Waals surface area contributed by atoms with E-state index in [0.717, 1.165) is 12.0 Å². The summed E-state index contributed by atoms with van der Waals surface area (Å²) in [4.78, 5) is 23.3. The Hall–Kier alpha value is -1.99. The van der Waals surface area contributed by atoms with Gasteiger partial charge in [0.15, 0.2) is 0 Å². The first-order valence-electron chi connectivity index (χ1n) is 6.85. The number of amides is 2. The van der Waals surface area contributed by atoms with Gasteiger partial charge in [0, 0.05) is 23.9 Å². The number of nitrogens with one attached hydrogen (secondary N) is 2. The third-order valence-corrected chi connectivity index (χ3v) is 3.72. The normalized spacial score (nSPS) is 19.4. The topological polar surface area (TPSA) is 58.2 Å². The molecular weight excluding hydrogens is 288 g/mol. The number of carbonyl (C=O) groups excluding carboxylic acids is 2. The summed E-state index contributed by atoms with van der Waals surface area (Å²) in [7, 11) is 0. The van der Waals surface area contributed by atoms with E-state index in [2.05, 4.69) is 16.6 Å². The summed E-state index contributed by atoms with van der Waals surface area (Å²) >= 11 is 5.84. The van der Waals surface area contributed by atoms with Crippen molar-refractivity contribution >= 4 is 23.4 Å². The van der Waals surface area contributed by atoms with Crippen molar-refractivity contribution in [1.82, 2.24) is 10.6 Å². The Bertz CT molecular complexity index is 563. The zero-order valence-corrected chi connectivity index (χ0v) is 12.3. The summed E-state index contributed by atoms with van der Waals surface area (Å²) in [6.45, 7) is 0.549. The third-order valence-electron chi connectivity index (χ3n) is 3.46. The van der Waals surface area contributed by atoms with Crippen LogP contribution >= 0.6 is 11.6 Å². The van der Waals surface area contributed by atoms with Crippen LogP contribution < -0.4 is 10.6 Å². The molecule has 0 heterocycles. The van der Waals surface area contributed by atoms with Crippen molar-refractivity contribution in [2.75, 3.05) is 13.1 Å². The summed E-state index contributed by atoms with van der Waals surface area (Å²) in [5.74, 6) is 2.43. The predicted octanol–water partition coefficient (Wildman–Crippen LogP) is 1.70. The molecule has 2 rings (SSSR count). The number of halogens is 1. The van der Waals surface area contributed by atoms with Crippen LogP contribution in [0.5, 0.6) is 0 Å². The second-order valence-electron chi connectivity index (χ2n) is 5.02. The van der Waals surface area contributed by atoms with E-state index in [9.17, 15) is 9.59 Å². The van der Waals surface area contributed by atoms with Gasteiger partial charge >= 0.3 is 0 Å². The summed E-state index contributed by atoms with van der Waals surface area (Å²) in [6.07, 6.45) is 6.12. The minimum absolute atomic E-state index is 0.0000507. The lowest BCUT2D eigenvalue weighted by Crippen LogP contribution is -2.31. The fourth-order valence-electron chi connectivity index (χ4n) is 2.23. The van der Waals surface area contributed by atoms with E-state index in [1.165, 1.54) is 0 Å².